The molecule has 1 saturated heterocycles. The number of carbonyl (C=O) groups excluding carboxylic acids is 1. The molecule has 0 radical (unpaired) electrons. The summed E-state index contributed by atoms with van der Waals surface area (Å²) >= 11 is 0. The van der Waals surface area contributed by atoms with Crippen LogP contribution < -0.4 is 5.32 Å². The topological polar surface area (TPSA) is 75.6 Å². The summed E-state index contributed by atoms with van der Waals surface area (Å²) in [5.41, 5.74) is -0.667. The van der Waals surface area contributed by atoms with E-state index in [-0.39, 0.29) is 18.2 Å². The fraction of sp³-hybridized carbons (Fsp3) is 0.846. The third-order valence-electron chi connectivity index (χ3n) is 4.39. The molecule has 1 aliphatic heterocycles. The summed E-state index contributed by atoms with van der Waals surface area (Å²) in [5.74, 6) is 0.614. The van der Waals surface area contributed by atoms with Crippen LogP contribution >= 0.6 is 0 Å². The number of aliphatic carboxylic acids is 1. The summed E-state index contributed by atoms with van der Waals surface area (Å²) in [6, 6.07) is 0. The molecule has 0 bridgehead atoms. The molecule has 3 unspecified atom stereocenters. The predicted molar refractivity (Wildman–Crippen MR) is 62.9 cm³/mol. The van der Waals surface area contributed by atoms with Crippen LogP contribution in [-0.2, 0) is 14.3 Å². The van der Waals surface area contributed by atoms with Crippen molar-refractivity contribution in [2.75, 3.05) is 13.2 Å². The molecule has 3 fully saturated rings. The van der Waals surface area contributed by atoms with Gasteiger partial charge in [0.2, 0.25) is 5.91 Å². The molecule has 100 valence electrons. The minimum absolute atomic E-state index is 0.0404. The smallest absolute Gasteiger partial charge is 0.305 e. The van der Waals surface area contributed by atoms with Gasteiger partial charge in [0.1, 0.15) is 0 Å². The van der Waals surface area contributed by atoms with Gasteiger partial charge in [0.05, 0.1) is 18.6 Å². The molecule has 0 aromatic rings. The molecule has 3 rings (SSSR count). The molecular formula is C13H19NO4. The van der Waals surface area contributed by atoms with Gasteiger partial charge in [-0.1, -0.05) is 0 Å². The van der Waals surface area contributed by atoms with Crippen LogP contribution in [0.1, 0.15) is 32.1 Å². The van der Waals surface area contributed by atoms with Crippen LogP contribution in [0.2, 0.25) is 0 Å². The summed E-state index contributed by atoms with van der Waals surface area (Å²) in [4.78, 5) is 23.0. The van der Waals surface area contributed by atoms with E-state index in [4.69, 9.17) is 9.84 Å². The molecule has 0 spiro atoms. The average Bonchev–Trinajstić information content (AvgIpc) is 3.16. The monoisotopic (exact) mass is 253 g/mol. The molecule has 3 aliphatic rings. The van der Waals surface area contributed by atoms with E-state index in [1.807, 2.05) is 0 Å². The van der Waals surface area contributed by atoms with E-state index in [9.17, 15) is 9.59 Å². The molecule has 18 heavy (non-hydrogen) atoms. The number of amides is 1. The summed E-state index contributed by atoms with van der Waals surface area (Å²) in [7, 11) is 0. The van der Waals surface area contributed by atoms with Gasteiger partial charge in [-0.25, -0.2) is 0 Å². The van der Waals surface area contributed by atoms with E-state index >= 15 is 0 Å². The van der Waals surface area contributed by atoms with Gasteiger partial charge in [0, 0.05) is 12.5 Å². The van der Waals surface area contributed by atoms with Crippen LogP contribution in [0.4, 0.5) is 0 Å². The second kappa shape index (κ2) is 4.23. The molecular weight excluding hydrogens is 234 g/mol. The summed E-state index contributed by atoms with van der Waals surface area (Å²) in [5, 5.41) is 11.9. The third kappa shape index (κ3) is 2.36. The largest absolute Gasteiger partial charge is 0.481 e. The Hall–Kier alpha value is -1.10. The standard InChI is InChI=1S/C13H19NO4/c15-11(16)6-13(3-4-18-7-13)14-12(17)10-5-9(10)8-1-2-8/h8-10H,1-7H2,(H,14,17)(H,15,16). The number of nitrogens with one attached hydrogen (secondary N) is 1. The van der Waals surface area contributed by atoms with Gasteiger partial charge in [0.25, 0.3) is 0 Å². The van der Waals surface area contributed by atoms with Crippen molar-refractivity contribution in [2.45, 2.75) is 37.6 Å². The van der Waals surface area contributed by atoms with Gasteiger partial charge < -0.3 is 15.2 Å². The fourth-order valence-corrected chi connectivity index (χ4v) is 3.09. The first-order valence-corrected chi connectivity index (χ1v) is 6.71. The second-order valence-corrected chi connectivity index (χ2v) is 5.99. The Morgan fingerprint density at radius 1 is 1.39 bits per heavy atom. The van der Waals surface area contributed by atoms with Crippen LogP contribution in [0, 0.1) is 17.8 Å². The van der Waals surface area contributed by atoms with E-state index in [2.05, 4.69) is 5.32 Å². The van der Waals surface area contributed by atoms with Crippen LogP contribution in [0.3, 0.4) is 0 Å². The first kappa shape index (κ1) is 12.0. The number of rotatable bonds is 5. The van der Waals surface area contributed by atoms with Gasteiger partial charge in [0.15, 0.2) is 0 Å². The number of hydrogen-bond donors (Lipinski definition) is 2. The Morgan fingerprint density at radius 2 is 2.17 bits per heavy atom. The minimum atomic E-state index is -0.879. The Morgan fingerprint density at radius 3 is 2.72 bits per heavy atom. The highest BCUT2D eigenvalue weighted by Crippen LogP contribution is 2.54. The minimum Gasteiger partial charge on any atom is -0.481 e. The maximum absolute atomic E-state index is 12.1. The highest BCUT2D eigenvalue weighted by atomic mass is 16.5. The molecule has 3 atom stereocenters. The zero-order valence-corrected chi connectivity index (χ0v) is 10.4. The molecule has 5 nitrogen and oxygen atoms in total. The molecule has 5 heteroatoms. The van der Waals surface area contributed by atoms with Crippen molar-refractivity contribution >= 4 is 11.9 Å². The predicted octanol–water partition coefficient (Wildman–Crippen LogP) is 0.782. The third-order valence-corrected chi connectivity index (χ3v) is 4.39. The normalized spacial score (nSPS) is 38.4. The Kier molecular flexibility index (Phi) is 2.81. The Balaban J connectivity index is 1.58. The zero-order valence-electron chi connectivity index (χ0n) is 10.4. The Labute approximate surface area is 106 Å². The lowest BCUT2D eigenvalue weighted by molar-refractivity contribution is -0.139. The first-order chi connectivity index (χ1) is 8.60. The van der Waals surface area contributed by atoms with Gasteiger partial charge in [-0.3, -0.25) is 9.59 Å². The number of hydrogen-bond acceptors (Lipinski definition) is 3. The van der Waals surface area contributed by atoms with Gasteiger partial charge in [-0.05, 0) is 37.5 Å². The number of carbonyl (C=O) groups is 2. The highest BCUT2D eigenvalue weighted by molar-refractivity contribution is 5.83. The van der Waals surface area contributed by atoms with E-state index in [1.165, 1.54) is 12.8 Å². The quantitative estimate of drug-likeness (QED) is 0.759. The van der Waals surface area contributed by atoms with Gasteiger partial charge in [-0.2, -0.15) is 0 Å². The molecule has 2 N–H and O–H groups in total. The maximum atomic E-state index is 12.1. The van der Waals surface area contributed by atoms with Crippen molar-refractivity contribution in [1.82, 2.24) is 5.32 Å². The fourth-order valence-electron chi connectivity index (χ4n) is 3.09. The zero-order chi connectivity index (χ0) is 12.8. The lowest BCUT2D eigenvalue weighted by Crippen LogP contribution is -2.51. The molecule has 2 saturated carbocycles. The molecule has 0 aromatic carbocycles. The van der Waals surface area contributed by atoms with E-state index < -0.39 is 11.5 Å². The first-order valence-electron chi connectivity index (χ1n) is 6.71. The van der Waals surface area contributed by atoms with Crippen LogP contribution in [0.5, 0.6) is 0 Å². The second-order valence-electron chi connectivity index (χ2n) is 5.99. The summed E-state index contributed by atoms with van der Waals surface area (Å²) in [6.45, 7) is 0.857. The Bertz CT molecular complexity index is 371. The van der Waals surface area contributed by atoms with E-state index in [1.54, 1.807) is 0 Å². The number of carboxylic acids is 1. The molecule has 2 aliphatic carbocycles. The summed E-state index contributed by atoms with van der Waals surface area (Å²) in [6.07, 6.45) is 4.07. The number of ether oxygens (including phenoxy) is 1. The highest BCUT2D eigenvalue weighted by Gasteiger charge is 2.52. The van der Waals surface area contributed by atoms with Crippen molar-refractivity contribution in [1.29, 1.82) is 0 Å². The lowest BCUT2D eigenvalue weighted by atomic mass is 9.94. The maximum Gasteiger partial charge on any atom is 0.305 e. The van der Waals surface area contributed by atoms with Gasteiger partial charge >= 0.3 is 5.97 Å². The van der Waals surface area contributed by atoms with Crippen LogP contribution in [0.15, 0.2) is 0 Å². The molecule has 1 heterocycles. The average molecular weight is 253 g/mol. The van der Waals surface area contributed by atoms with Crippen molar-refractivity contribution in [3.8, 4) is 0 Å². The van der Waals surface area contributed by atoms with E-state index in [0.29, 0.717) is 25.6 Å². The van der Waals surface area contributed by atoms with Crippen LogP contribution in [0.25, 0.3) is 0 Å². The van der Waals surface area contributed by atoms with Gasteiger partial charge in [-0.15, -0.1) is 0 Å². The van der Waals surface area contributed by atoms with Crippen molar-refractivity contribution < 1.29 is 19.4 Å². The van der Waals surface area contributed by atoms with Crippen molar-refractivity contribution in [3.05, 3.63) is 0 Å². The lowest BCUT2D eigenvalue weighted by Gasteiger charge is -2.27. The summed E-state index contributed by atoms with van der Waals surface area (Å²) < 4.78 is 5.27. The van der Waals surface area contributed by atoms with Crippen LogP contribution in [-0.4, -0.2) is 35.7 Å². The molecule has 1 amide bonds. The van der Waals surface area contributed by atoms with Crippen molar-refractivity contribution in [2.24, 2.45) is 17.8 Å². The molecule has 0 aromatic heterocycles. The van der Waals surface area contributed by atoms with Crippen molar-refractivity contribution in [3.63, 3.8) is 0 Å². The number of carboxylic acid groups (broad SMARTS) is 1. The SMILES string of the molecule is O=C(O)CC1(NC(=O)C2CC2C2CC2)CCOC1. The van der Waals surface area contributed by atoms with E-state index in [0.717, 1.165) is 12.3 Å².